The van der Waals surface area contributed by atoms with Crippen molar-refractivity contribution in [2.45, 2.75) is 33.2 Å². The summed E-state index contributed by atoms with van der Waals surface area (Å²) in [6.45, 7) is 5.79. The minimum Gasteiger partial charge on any atom is -0.372 e. The lowest BCUT2D eigenvalue weighted by molar-refractivity contribution is -0.130. The highest BCUT2D eigenvalue weighted by atomic mass is 16.5. The normalized spacial score (nSPS) is 12.2. The summed E-state index contributed by atoms with van der Waals surface area (Å²) in [5, 5.41) is 2.55. The Hall–Kier alpha value is -0.900. The Labute approximate surface area is 78.6 Å². The average Bonchev–Trinajstić information content (AvgIpc) is 2.13. The third-order valence-corrected chi connectivity index (χ3v) is 1.65. The Morgan fingerprint density at radius 1 is 1.38 bits per heavy atom. The molecule has 0 radical (unpaired) electrons. The number of nitrogens with one attached hydrogen (secondary N) is 1. The molecule has 4 nitrogen and oxygen atoms in total. The standard InChI is InChI=1S/C9H17NO3/c1-4-8(11)7(3)10-9(12)6-13-5-2/h7H,4-6H2,1-3H3,(H,10,12). The van der Waals surface area contributed by atoms with E-state index in [0.717, 1.165) is 0 Å². The fraction of sp³-hybridized carbons (Fsp3) is 0.778. The lowest BCUT2D eigenvalue weighted by atomic mass is 10.2. The minimum absolute atomic E-state index is 0.0256. The smallest absolute Gasteiger partial charge is 0.246 e. The van der Waals surface area contributed by atoms with Crippen molar-refractivity contribution in [2.75, 3.05) is 13.2 Å². The maximum absolute atomic E-state index is 11.1. The Morgan fingerprint density at radius 2 is 2.00 bits per heavy atom. The summed E-state index contributed by atoms with van der Waals surface area (Å²) < 4.78 is 4.89. The largest absolute Gasteiger partial charge is 0.372 e. The van der Waals surface area contributed by atoms with Crippen molar-refractivity contribution in [1.29, 1.82) is 0 Å². The van der Waals surface area contributed by atoms with Gasteiger partial charge in [-0.05, 0) is 13.8 Å². The van der Waals surface area contributed by atoms with Crippen LogP contribution < -0.4 is 5.32 Å². The van der Waals surface area contributed by atoms with Gasteiger partial charge in [-0.3, -0.25) is 9.59 Å². The number of hydrogen-bond acceptors (Lipinski definition) is 3. The van der Waals surface area contributed by atoms with E-state index in [-0.39, 0.29) is 18.3 Å². The van der Waals surface area contributed by atoms with Crippen molar-refractivity contribution in [2.24, 2.45) is 0 Å². The Kier molecular flexibility index (Phi) is 6.14. The zero-order chi connectivity index (χ0) is 10.3. The fourth-order valence-electron chi connectivity index (χ4n) is 0.865. The zero-order valence-corrected chi connectivity index (χ0v) is 8.42. The molecule has 0 aromatic heterocycles. The summed E-state index contributed by atoms with van der Waals surface area (Å²) in [4.78, 5) is 22.1. The number of ether oxygens (including phenoxy) is 1. The summed E-state index contributed by atoms with van der Waals surface area (Å²) in [5.41, 5.74) is 0. The van der Waals surface area contributed by atoms with E-state index in [2.05, 4.69) is 5.32 Å². The second-order valence-corrected chi connectivity index (χ2v) is 2.75. The van der Waals surface area contributed by atoms with Gasteiger partial charge >= 0.3 is 0 Å². The predicted octanol–water partition coefficient (Wildman–Crippen LogP) is 0.507. The van der Waals surface area contributed by atoms with Crippen LogP contribution >= 0.6 is 0 Å². The highest BCUT2D eigenvalue weighted by Gasteiger charge is 2.12. The van der Waals surface area contributed by atoms with Gasteiger partial charge in [0, 0.05) is 13.0 Å². The molecule has 0 spiro atoms. The number of amides is 1. The molecule has 0 aromatic rings. The lowest BCUT2D eigenvalue weighted by Gasteiger charge is -2.11. The van der Waals surface area contributed by atoms with E-state index < -0.39 is 6.04 Å². The Bertz CT molecular complexity index is 180. The van der Waals surface area contributed by atoms with Gasteiger partial charge in [0.25, 0.3) is 0 Å². The molecule has 1 N–H and O–H groups in total. The monoisotopic (exact) mass is 187 g/mol. The summed E-state index contributed by atoms with van der Waals surface area (Å²) in [7, 11) is 0. The van der Waals surface area contributed by atoms with E-state index >= 15 is 0 Å². The Morgan fingerprint density at radius 3 is 2.46 bits per heavy atom. The second kappa shape index (κ2) is 6.60. The van der Waals surface area contributed by atoms with Crippen molar-refractivity contribution in [3.63, 3.8) is 0 Å². The number of ketones is 1. The van der Waals surface area contributed by atoms with Gasteiger partial charge in [-0.15, -0.1) is 0 Å². The molecule has 0 heterocycles. The first-order valence-electron chi connectivity index (χ1n) is 4.51. The molecule has 1 amide bonds. The maximum Gasteiger partial charge on any atom is 0.246 e. The molecule has 0 saturated heterocycles. The first-order chi connectivity index (χ1) is 6.11. The van der Waals surface area contributed by atoms with E-state index in [9.17, 15) is 9.59 Å². The topological polar surface area (TPSA) is 55.4 Å². The molecular formula is C9H17NO3. The first-order valence-corrected chi connectivity index (χ1v) is 4.51. The average molecular weight is 187 g/mol. The van der Waals surface area contributed by atoms with Crippen molar-refractivity contribution in [1.82, 2.24) is 5.32 Å². The zero-order valence-electron chi connectivity index (χ0n) is 8.42. The van der Waals surface area contributed by atoms with Crippen molar-refractivity contribution in [3.05, 3.63) is 0 Å². The van der Waals surface area contributed by atoms with Crippen LogP contribution in [-0.2, 0) is 14.3 Å². The summed E-state index contributed by atoms with van der Waals surface area (Å²) in [5.74, 6) is -0.207. The molecule has 0 rings (SSSR count). The van der Waals surface area contributed by atoms with Crippen LogP contribution in [0.15, 0.2) is 0 Å². The second-order valence-electron chi connectivity index (χ2n) is 2.75. The molecule has 0 saturated carbocycles. The van der Waals surface area contributed by atoms with Gasteiger partial charge in [0.15, 0.2) is 5.78 Å². The van der Waals surface area contributed by atoms with Crippen molar-refractivity contribution < 1.29 is 14.3 Å². The van der Waals surface area contributed by atoms with Crippen LogP contribution in [0.3, 0.4) is 0 Å². The number of carbonyl (C=O) groups excluding carboxylic acids is 2. The number of carbonyl (C=O) groups is 2. The van der Waals surface area contributed by atoms with Gasteiger partial charge in [0.2, 0.25) is 5.91 Å². The third kappa shape index (κ3) is 5.36. The highest BCUT2D eigenvalue weighted by molar-refractivity contribution is 5.88. The first kappa shape index (κ1) is 12.1. The van der Waals surface area contributed by atoms with Crippen LogP contribution in [0.25, 0.3) is 0 Å². The van der Waals surface area contributed by atoms with Crippen molar-refractivity contribution >= 4 is 11.7 Å². The van der Waals surface area contributed by atoms with E-state index in [1.165, 1.54) is 0 Å². The van der Waals surface area contributed by atoms with E-state index in [4.69, 9.17) is 4.74 Å². The summed E-state index contributed by atoms with van der Waals surface area (Å²) in [6, 6.07) is -0.405. The SMILES string of the molecule is CCOCC(=O)NC(C)C(=O)CC. The van der Waals surface area contributed by atoms with E-state index in [1.807, 2.05) is 6.92 Å². The van der Waals surface area contributed by atoms with E-state index in [0.29, 0.717) is 13.0 Å². The van der Waals surface area contributed by atoms with Gasteiger partial charge < -0.3 is 10.1 Å². The molecule has 0 bridgehead atoms. The molecule has 76 valence electrons. The molecule has 0 aliphatic rings. The van der Waals surface area contributed by atoms with Crippen LogP contribution in [0.5, 0.6) is 0 Å². The molecule has 0 fully saturated rings. The number of rotatable bonds is 6. The van der Waals surface area contributed by atoms with Crippen molar-refractivity contribution in [3.8, 4) is 0 Å². The maximum atomic E-state index is 11.1. The van der Waals surface area contributed by atoms with Crippen LogP contribution in [0.1, 0.15) is 27.2 Å². The quantitative estimate of drug-likeness (QED) is 0.659. The van der Waals surface area contributed by atoms with Gasteiger partial charge in [-0.25, -0.2) is 0 Å². The fourth-order valence-corrected chi connectivity index (χ4v) is 0.865. The van der Waals surface area contributed by atoms with Gasteiger partial charge in [-0.1, -0.05) is 6.92 Å². The van der Waals surface area contributed by atoms with E-state index in [1.54, 1.807) is 13.8 Å². The van der Waals surface area contributed by atoms with Crippen LogP contribution in [0, 0.1) is 0 Å². The molecule has 13 heavy (non-hydrogen) atoms. The Balaban J connectivity index is 3.71. The minimum atomic E-state index is -0.405. The van der Waals surface area contributed by atoms with Crippen LogP contribution in [-0.4, -0.2) is 30.9 Å². The highest BCUT2D eigenvalue weighted by Crippen LogP contribution is 1.89. The molecular weight excluding hydrogens is 170 g/mol. The molecule has 0 aliphatic heterocycles. The predicted molar refractivity (Wildman–Crippen MR) is 49.4 cm³/mol. The number of hydrogen-bond donors (Lipinski definition) is 1. The molecule has 4 heteroatoms. The molecule has 0 aromatic carbocycles. The van der Waals surface area contributed by atoms with Crippen LogP contribution in [0.2, 0.25) is 0 Å². The molecule has 1 atom stereocenters. The summed E-state index contributed by atoms with van der Waals surface area (Å²) >= 11 is 0. The third-order valence-electron chi connectivity index (χ3n) is 1.65. The lowest BCUT2D eigenvalue weighted by Crippen LogP contribution is -2.40. The van der Waals surface area contributed by atoms with Gasteiger partial charge in [-0.2, -0.15) is 0 Å². The summed E-state index contributed by atoms with van der Waals surface area (Å²) in [6.07, 6.45) is 0.441. The molecule has 0 aliphatic carbocycles. The number of Topliss-reactive ketones (excluding diaryl/α,β-unsaturated/α-hetero) is 1. The van der Waals surface area contributed by atoms with Gasteiger partial charge in [0.05, 0.1) is 6.04 Å². The molecule has 1 unspecified atom stereocenters. The van der Waals surface area contributed by atoms with Crippen LogP contribution in [0.4, 0.5) is 0 Å². The van der Waals surface area contributed by atoms with Gasteiger partial charge in [0.1, 0.15) is 6.61 Å².